The first kappa shape index (κ1) is 15.0. The molecule has 0 aromatic rings. The minimum absolute atomic E-state index is 1.22. The van der Waals surface area contributed by atoms with Gasteiger partial charge in [-0.2, -0.15) is 0 Å². The van der Waals surface area contributed by atoms with Crippen molar-refractivity contribution in [1.29, 1.82) is 0 Å². The van der Waals surface area contributed by atoms with E-state index >= 15 is 0 Å². The molecule has 2 heteroatoms. The van der Waals surface area contributed by atoms with Gasteiger partial charge >= 0.3 is 101 Å². The second-order valence-corrected chi connectivity index (χ2v) is 14.0. The van der Waals surface area contributed by atoms with E-state index in [1.165, 1.54) is 60.2 Å². The SMILES string of the molecule is CCCCCCC[CH2][Sn](=[S])[CH2]CCC. The average Bonchev–Trinajstić information content (AvgIpc) is 2.20. The molecule has 0 radical (unpaired) electrons. The van der Waals surface area contributed by atoms with E-state index in [0.29, 0.717) is 0 Å². The molecule has 14 heavy (non-hydrogen) atoms. The van der Waals surface area contributed by atoms with Crippen molar-refractivity contribution in [3.8, 4) is 0 Å². The van der Waals surface area contributed by atoms with Crippen LogP contribution in [0, 0.1) is 0 Å². The van der Waals surface area contributed by atoms with Crippen molar-refractivity contribution < 1.29 is 0 Å². The molecule has 84 valence electrons. The van der Waals surface area contributed by atoms with Crippen molar-refractivity contribution in [3.05, 3.63) is 0 Å². The van der Waals surface area contributed by atoms with E-state index in [1.54, 1.807) is 0 Å². The van der Waals surface area contributed by atoms with E-state index < -0.39 is 17.8 Å². The third-order valence-corrected chi connectivity index (χ3v) is 10.6. The van der Waals surface area contributed by atoms with Crippen molar-refractivity contribution >= 4 is 27.1 Å². The Hall–Kier alpha value is 1.02. The molecule has 0 unspecified atom stereocenters. The van der Waals surface area contributed by atoms with Gasteiger partial charge in [-0.1, -0.05) is 0 Å². The van der Waals surface area contributed by atoms with E-state index in [-0.39, 0.29) is 0 Å². The fraction of sp³-hybridized carbons (Fsp3) is 1.00. The van der Waals surface area contributed by atoms with Crippen molar-refractivity contribution in [1.82, 2.24) is 0 Å². The van der Waals surface area contributed by atoms with Crippen LogP contribution >= 0.6 is 9.29 Å². The van der Waals surface area contributed by atoms with Crippen molar-refractivity contribution in [3.63, 3.8) is 0 Å². The Bertz CT molecular complexity index is 134. The molecular weight excluding hydrogens is 295 g/mol. The molecule has 0 spiro atoms. The standard InChI is InChI=1S/C8H17.C4H9.S.Sn/c1-3-5-7-8-6-4-2;1-3-4-2;;/h1,3-8H2,2H3;1,3-4H2,2H3;;. The third kappa shape index (κ3) is 11.1. The summed E-state index contributed by atoms with van der Waals surface area (Å²) in [6, 6.07) is 0. The van der Waals surface area contributed by atoms with E-state index in [2.05, 4.69) is 13.8 Å². The van der Waals surface area contributed by atoms with Gasteiger partial charge in [0.15, 0.2) is 0 Å². The van der Waals surface area contributed by atoms with Gasteiger partial charge in [0.05, 0.1) is 0 Å². The van der Waals surface area contributed by atoms with Crippen molar-refractivity contribution in [2.75, 3.05) is 0 Å². The molecule has 0 fully saturated rings. The summed E-state index contributed by atoms with van der Waals surface area (Å²) in [5.74, 6) is 0. The molecule has 0 N–H and O–H groups in total. The van der Waals surface area contributed by atoms with Gasteiger partial charge in [0.1, 0.15) is 0 Å². The number of hydrogen-bond donors (Lipinski definition) is 0. The summed E-state index contributed by atoms with van der Waals surface area (Å²) >= 11 is -1.22. The second-order valence-electron chi connectivity index (χ2n) is 4.16. The van der Waals surface area contributed by atoms with Crippen LogP contribution in [0.3, 0.4) is 0 Å². The maximum absolute atomic E-state index is 5.60. The molecule has 0 heterocycles. The van der Waals surface area contributed by atoms with Crippen LogP contribution in [-0.4, -0.2) is 17.8 Å². The van der Waals surface area contributed by atoms with E-state index in [9.17, 15) is 0 Å². The van der Waals surface area contributed by atoms with Gasteiger partial charge in [0.2, 0.25) is 0 Å². The zero-order valence-electron chi connectivity index (χ0n) is 9.98. The Morgan fingerprint density at radius 2 is 1.21 bits per heavy atom. The Labute approximate surface area is 101 Å². The van der Waals surface area contributed by atoms with Crippen molar-refractivity contribution in [2.45, 2.75) is 74.1 Å². The van der Waals surface area contributed by atoms with Crippen LogP contribution < -0.4 is 0 Å². The molecule has 0 amide bonds. The fourth-order valence-electron chi connectivity index (χ4n) is 1.60. The molecule has 0 aliphatic heterocycles. The van der Waals surface area contributed by atoms with Gasteiger partial charge in [0, 0.05) is 0 Å². The first-order chi connectivity index (χ1) is 6.81. The summed E-state index contributed by atoms with van der Waals surface area (Å²) in [5, 5.41) is 0. The van der Waals surface area contributed by atoms with Crippen LogP contribution in [0.5, 0.6) is 0 Å². The van der Waals surface area contributed by atoms with Crippen LogP contribution in [0.1, 0.15) is 65.2 Å². The number of unbranched alkanes of at least 4 members (excludes halogenated alkanes) is 6. The topological polar surface area (TPSA) is 0 Å². The average molecular weight is 321 g/mol. The zero-order chi connectivity index (χ0) is 10.6. The molecule has 0 atom stereocenters. The van der Waals surface area contributed by atoms with Crippen molar-refractivity contribution in [2.24, 2.45) is 0 Å². The second kappa shape index (κ2) is 12.1. The minimum atomic E-state index is -1.22. The Morgan fingerprint density at radius 3 is 1.86 bits per heavy atom. The maximum atomic E-state index is 5.60. The number of rotatable bonds is 10. The summed E-state index contributed by atoms with van der Waals surface area (Å²) < 4.78 is 2.94. The molecule has 0 aromatic carbocycles. The summed E-state index contributed by atoms with van der Waals surface area (Å²) in [5.41, 5.74) is 0. The predicted molar refractivity (Wildman–Crippen MR) is 71.2 cm³/mol. The Kier molecular flexibility index (Phi) is 13.0. The van der Waals surface area contributed by atoms with E-state index in [4.69, 9.17) is 9.29 Å². The first-order valence-corrected chi connectivity index (χ1v) is 14.3. The van der Waals surface area contributed by atoms with Crippen LogP contribution in [0.25, 0.3) is 0 Å². The Balaban J connectivity index is 3.07. The molecule has 0 aliphatic rings. The van der Waals surface area contributed by atoms with Crippen LogP contribution in [0.2, 0.25) is 8.87 Å². The molecule has 0 nitrogen and oxygen atoms in total. The van der Waals surface area contributed by atoms with Gasteiger partial charge in [-0.25, -0.2) is 0 Å². The monoisotopic (exact) mass is 322 g/mol. The van der Waals surface area contributed by atoms with Gasteiger partial charge < -0.3 is 0 Å². The normalized spacial score (nSPS) is 10.4. The van der Waals surface area contributed by atoms with Crippen LogP contribution in [0.15, 0.2) is 0 Å². The molecule has 0 saturated carbocycles. The summed E-state index contributed by atoms with van der Waals surface area (Å²) in [6.07, 6.45) is 11.3. The molecular formula is C12H26SSn. The van der Waals surface area contributed by atoms with Crippen LogP contribution in [-0.2, 0) is 0 Å². The molecule has 0 rings (SSSR count). The number of hydrogen-bond acceptors (Lipinski definition) is 1. The van der Waals surface area contributed by atoms with Gasteiger partial charge in [-0.15, -0.1) is 0 Å². The quantitative estimate of drug-likeness (QED) is 0.387. The summed E-state index contributed by atoms with van der Waals surface area (Å²) in [4.78, 5) is 0. The molecule has 0 aliphatic carbocycles. The zero-order valence-corrected chi connectivity index (χ0v) is 13.6. The molecule has 0 saturated heterocycles. The first-order valence-electron chi connectivity index (χ1n) is 6.33. The van der Waals surface area contributed by atoms with Gasteiger partial charge in [-0.05, 0) is 0 Å². The Morgan fingerprint density at radius 1 is 0.714 bits per heavy atom. The predicted octanol–water partition coefficient (Wildman–Crippen LogP) is 5.34. The third-order valence-electron chi connectivity index (χ3n) is 2.62. The van der Waals surface area contributed by atoms with Gasteiger partial charge in [0.25, 0.3) is 0 Å². The van der Waals surface area contributed by atoms with Gasteiger partial charge in [-0.3, -0.25) is 0 Å². The summed E-state index contributed by atoms with van der Waals surface area (Å²) in [7, 11) is 5.60. The molecule has 0 bridgehead atoms. The van der Waals surface area contributed by atoms with E-state index in [1.807, 2.05) is 0 Å². The fourth-order valence-corrected chi connectivity index (χ4v) is 8.23. The summed E-state index contributed by atoms with van der Waals surface area (Å²) in [6.45, 7) is 4.55. The van der Waals surface area contributed by atoms with E-state index in [0.717, 1.165) is 0 Å². The van der Waals surface area contributed by atoms with Crippen LogP contribution in [0.4, 0.5) is 0 Å². The molecule has 0 aromatic heterocycles.